The number of hydrogen-bond donors (Lipinski definition) is 3. The summed E-state index contributed by atoms with van der Waals surface area (Å²) in [6.07, 6.45) is 3.61. The predicted octanol–water partition coefficient (Wildman–Crippen LogP) is 1.23. The first-order valence-electron chi connectivity index (χ1n) is 6.47. The molecule has 0 radical (unpaired) electrons. The minimum absolute atomic E-state index is 0.0705. The Hall–Kier alpha value is -1.55. The summed E-state index contributed by atoms with van der Waals surface area (Å²) in [5.41, 5.74) is 7.27. The number of carbonyl (C=O) groups is 1. The maximum atomic E-state index is 11.9. The van der Waals surface area contributed by atoms with E-state index in [1.807, 2.05) is 18.2 Å². The van der Waals surface area contributed by atoms with E-state index in [0.29, 0.717) is 5.69 Å². The molecular formula is C14H20N2O2. The quantitative estimate of drug-likeness (QED) is 0.704. The molecule has 0 aliphatic heterocycles. The number of amides is 1. The smallest absolute Gasteiger partial charge is 0.224 e. The Labute approximate surface area is 107 Å². The van der Waals surface area contributed by atoms with Crippen LogP contribution in [0.3, 0.4) is 0 Å². The first-order valence-corrected chi connectivity index (χ1v) is 6.47. The molecule has 98 valence electrons. The first kappa shape index (κ1) is 12.9. The van der Waals surface area contributed by atoms with E-state index in [0.717, 1.165) is 31.2 Å². The van der Waals surface area contributed by atoms with Gasteiger partial charge in [0.1, 0.15) is 0 Å². The second kappa shape index (κ2) is 5.87. The molecule has 1 aromatic carbocycles. The lowest BCUT2D eigenvalue weighted by Gasteiger charge is -2.28. The lowest BCUT2D eigenvalue weighted by atomic mass is 9.92. The normalized spacial score (nSPS) is 23.6. The summed E-state index contributed by atoms with van der Waals surface area (Å²) in [7, 11) is 0. The molecule has 1 aliphatic rings. The Bertz CT molecular complexity index is 420. The van der Waals surface area contributed by atoms with E-state index in [1.165, 1.54) is 0 Å². The van der Waals surface area contributed by atoms with E-state index >= 15 is 0 Å². The molecular weight excluding hydrogens is 228 g/mol. The fourth-order valence-corrected chi connectivity index (χ4v) is 2.41. The van der Waals surface area contributed by atoms with Crippen molar-refractivity contribution in [1.29, 1.82) is 0 Å². The van der Waals surface area contributed by atoms with E-state index < -0.39 is 6.10 Å². The fraction of sp³-hybridized carbons (Fsp3) is 0.500. The molecule has 0 heterocycles. The highest BCUT2D eigenvalue weighted by atomic mass is 16.3. The van der Waals surface area contributed by atoms with Crippen LogP contribution in [0.1, 0.15) is 31.2 Å². The number of para-hydroxylation sites is 1. The molecule has 18 heavy (non-hydrogen) atoms. The number of rotatable bonds is 3. The maximum Gasteiger partial charge on any atom is 0.224 e. The van der Waals surface area contributed by atoms with Crippen LogP contribution in [0.5, 0.6) is 0 Å². The van der Waals surface area contributed by atoms with Gasteiger partial charge < -0.3 is 16.2 Å². The Morgan fingerprint density at radius 3 is 2.78 bits per heavy atom. The maximum absolute atomic E-state index is 11.9. The fourth-order valence-electron chi connectivity index (χ4n) is 2.41. The molecule has 1 aromatic rings. The lowest BCUT2D eigenvalue weighted by molar-refractivity contribution is -0.122. The summed E-state index contributed by atoms with van der Waals surface area (Å²) in [4.78, 5) is 11.9. The summed E-state index contributed by atoms with van der Waals surface area (Å²) >= 11 is 0. The summed E-state index contributed by atoms with van der Waals surface area (Å²) in [6, 6.07) is 7.26. The van der Waals surface area contributed by atoms with Crippen LogP contribution in [0, 0.1) is 0 Å². The summed E-state index contributed by atoms with van der Waals surface area (Å²) in [5.74, 6) is -0.0705. The van der Waals surface area contributed by atoms with Gasteiger partial charge in [-0.1, -0.05) is 31.0 Å². The minimum Gasteiger partial charge on any atom is -0.398 e. The number of carbonyl (C=O) groups excluding carboxylic acids is 1. The number of aliphatic hydroxyl groups excluding tert-OH is 1. The van der Waals surface area contributed by atoms with E-state index in [2.05, 4.69) is 5.32 Å². The number of nitrogens with one attached hydrogen (secondary N) is 1. The molecule has 0 saturated heterocycles. The van der Waals surface area contributed by atoms with Crippen molar-refractivity contribution in [3.63, 3.8) is 0 Å². The van der Waals surface area contributed by atoms with Gasteiger partial charge in [0.2, 0.25) is 5.91 Å². The zero-order valence-electron chi connectivity index (χ0n) is 10.4. The highest BCUT2D eigenvalue weighted by Crippen LogP contribution is 2.18. The SMILES string of the molecule is Nc1ccccc1CC(=O)N[C@@H]1CCCC[C@H]1O. The molecule has 1 fully saturated rings. The Balaban J connectivity index is 1.90. The molecule has 0 unspecified atom stereocenters. The topological polar surface area (TPSA) is 75.4 Å². The standard InChI is InChI=1S/C14H20N2O2/c15-11-6-2-1-5-10(11)9-14(18)16-12-7-3-4-8-13(12)17/h1-2,5-6,12-13,17H,3-4,7-9,15H2,(H,16,18)/t12-,13-/m1/s1. The predicted molar refractivity (Wildman–Crippen MR) is 71.0 cm³/mol. The molecule has 4 heteroatoms. The van der Waals surface area contributed by atoms with Crippen molar-refractivity contribution in [1.82, 2.24) is 5.32 Å². The number of nitrogen functional groups attached to an aromatic ring is 1. The number of benzene rings is 1. The van der Waals surface area contributed by atoms with Crippen LogP contribution in [-0.2, 0) is 11.2 Å². The number of anilines is 1. The van der Waals surface area contributed by atoms with Gasteiger partial charge in [0.15, 0.2) is 0 Å². The average molecular weight is 248 g/mol. The third-order valence-electron chi connectivity index (χ3n) is 3.48. The van der Waals surface area contributed by atoms with Gasteiger partial charge in [-0.3, -0.25) is 4.79 Å². The molecule has 4 nitrogen and oxygen atoms in total. The number of aliphatic hydroxyl groups is 1. The second-order valence-electron chi connectivity index (χ2n) is 4.90. The Morgan fingerprint density at radius 1 is 1.33 bits per heavy atom. The summed E-state index contributed by atoms with van der Waals surface area (Å²) < 4.78 is 0. The van der Waals surface area contributed by atoms with Crippen molar-refractivity contribution in [3.05, 3.63) is 29.8 Å². The third-order valence-corrected chi connectivity index (χ3v) is 3.48. The second-order valence-corrected chi connectivity index (χ2v) is 4.90. The van der Waals surface area contributed by atoms with E-state index in [-0.39, 0.29) is 18.4 Å². The Morgan fingerprint density at radius 2 is 2.06 bits per heavy atom. The minimum atomic E-state index is -0.407. The molecule has 0 bridgehead atoms. The van der Waals surface area contributed by atoms with Gasteiger partial charge in [-0.2, -0.15) is 0 Å². The molecule has 4 N–H and O–H groups in total. The van der Waals surface area contributed by atoms with Crippen LogP contribution < -0.4 is 11.1 Å². The number of hydrogen-bond acceptors (Lipinski definition) is 3. The van der Waals surface area contributed by atoms with E-state index in [1.54, 1.807) is 6.07 Å². The van der Waals surface area contributed by atoms with Gasteiger partial charge in [0, 0.05) is 5.69 Å². The van der Waals surface area contributed by atoms with E-state index in [4.69, 9.17) is 5.73 Å². The molecule has 2 atom stereocenters. The molecule has 0 aromatic heterocycles. The molecule has 0 spiro atoms. The van der Waals surface area contributed by atoms with Gasteiger partial charge in [0.25, 0.3) is 0 Å². The molecule has 2 rings (SSSR count). The summed E-state index contributed by atoms with van der Waals surface area (Å²) in [5, 5.41) is 12.7. The van der Waals surface area contributed by atoms with Crippen LogP contribution in [0.2, 0.25) is 0 Å². The average Bonchev–Trinajstić information content (AvgIpc) is 2.35. The molecule has 1 amide bonds. The Kier molecular flexibility index (Phi) is 4.20. The van der Waals surface area contributed by atoms with Crippen LogP contribution in [0.25, 0.3) is 0 Å². The molecule has 1 aliphatic carbocycles. The van der Waals surface area contributed by atoms with Crippen LogP contribution >= 0.6 is 0 Å². The van der Waals surface area contributed by atoms with Crippen molar-refractivity contribution < 1.29 is 9.90 Å². The van der Waals surface area contributed by atoms with Gasteiger partial charge in [-0.05, 0) is 24.5 Å². The van der Waals surface area contributed by atoms with Crippen molar-refractivity contribution >= 4 is 11.6 Å². The van der Waals surface area contributed by atoms with Crippen molar-refractivity contribution in [2.45, 2.75) is 44.2 Å². The summed E-state index contributed by atoms with van der Waals surface area (Å²) in [6.45, 7) is 0. The number of nitrogens with two attached hydrogens (primary N) is 1. The lowest BCUT2D eigenvalue weighted by Crippen LogP contribution is -2.45. The van der Waals surface area contributed by atoms with Gasteiger partial charge in [0.05, 0.1) is 18.6 Å². The molecule has 1 saturated carbocycles. The highest BCUT2D eigenvalue weighted by Gasteiger charge is 2.24. The third kappa shape index (κ3) is 3.23. The van der Waals surface area contributed by atoms with Crippen molar-refractivity contribution in [3.8, 4) is 0 Å². The van der Waals surface area contributed by atoms with Gasteiger partial charge in [-0.15, -0.1) is 0 Å². The van der Waals surface area contributed by atoms with Crippen molar-refractivity contribution in [2.24, 2.45) is 0 Å². The van der Waals surface area contributed by atoms with Crippen molar-refractivity contribution in [2.75, 3.05) is 5.73 Å². The van der Waals surface area contributed by atoms with E-state index in [9.17, 15) is 9.90 Å². The van der Waals surface area contributed by atoms with Crippen LogP contribution in [0.15, 0.2) is 24.3 Å². The zero-order valence-corrected chi connectivity index (χ0v) is 10.4. The van der Waals surface area contributed by atoms with Gasteiger partial charge in [-0.25, -0.2) is 0 Å². The largest absolute Gasteiger partial charge is 0.398 e. The highest BCUT2D eigenvalue weighted by molar-refractivity contribution is 5.80. The first-order chi connectivity index (χ1) is 8.66. The monoisotopic (exact) mass is 248 g/mol. The zero-order chi connectivity index (χ0) is 13.0. The van der Waals surface area contributed by atoms with Crippen LogP contribution in [0.4, 0.5) is 5.69 Å². The van der Waals surface area contributed by atoms with Gasteiger partial charge >= 0.3 is 0 Å². The van der Waals surface area contributed by atoms with Crippen LogP contribution in [-0.4, -0.2) is 23.2 Å².